The molecule has 0 aliphatic carbocycles. The number of Topliss-reactive ketones (excluding diaryl/α,β-unsaturated/α-hetero) is 1. The fraction of sp³-hybridized carbons (Fsp3) is 0.273. The Morgan fingerprint density at radius 1 is 1.10 bits per heavy atom. The number of ether oxygens (including phenoxy) is 1. The Balaban J connectivity index is 2.11. The van der Waals surface area contributed by atoms with Gasteiger partial charge in [-0.1, -0.05) is 23.7 Å². The topological polar surface area (TPSA) is 70.1 Å². The van der Waals surface area contributed by atoms with Crippen molar-refractivity contribution in [2.45, 2.75) is 6.04 Å². The summed E-state index contributed by atoms with van der Waals surface area (Å²) in [5.41, 5.74) is 1.22. The Labute approximate surface area is 174 Å². The molecule has 1 aliphatic heterocycles. The van der Waals surface area contributed by atoms with E-state index in [0.29, 0.717) is 35.0 Å². The predicted molar refractivity (Wildman–Crippen MR) is 112 cm³/mol. The molecule has 29 heavy (non-hydrogen) atoms. The van der Waals surface area contributed by atoms with Crippen molar-refractivity contribution in [3.05, 3.63) is 70.3 Å². The normalized spacial score (nSPS) is 18.5. The molecule has 152 valence electrons. The maximum Gasteiger partial charge on any atom is 0.295 e. The van der Waals surface area contributed by atoms with Crippen LogP contribution in [0.3, 0.4) is 0 Å². The van der Waals surface area contributed by atoms with E-state index in [1.807, 2.05) is 19.0 Å². The molecule has 0 bridgehead atoms. The maximum atomic E-state index is 12.9. The Morgan fingerprint density at radius 3 is 2.28 bits per heavy atom. The monoisotopic (exact) mass is 414 g/mol. The summed E-state index contributed by atoms with van der Waals surface area (Å²) in [6.45, 7) is 0.934. The van der Waals surface area contributed by atoms with E-state index >= 15 is 0 Å². The number of halogens is 1. The van der Waals surface area contributed by atoms with Gasteiger partial charge in [-0.3, -0.25) is 9.59 Å². The number of rotatable bonds is 6. The fourth-order valence-corrected chi connectivity index (χ4v) is 3.44. The van der Waals surface area contributed by atoms with E-state index in [1.54, 1.807) is 55.6 Å². The molecule has 0 radical (unpaired) electrons. The van der Waals surface area contributed by atoms with Crippen LogP contribution in [-0.2, 0) is 9.59 Å². The SMILES string of the molecule is COc1ccc(/C(O)=C2\C(=O)C(=O)N(CCN(C)C)C2c2ccc(Cl)cc2)cc1. The number of methoxy groups -OCH3 is 1. The van der Waals surface area contributed by atoms with Crippen LogP contribution >= 0.6 is 11.6 Å². The third-order valence-electron chi connectivity index (χ3n) is 4.88. The summed E-state index contributed by atoms with van der Waals surface area (Å²) in [5.74, 6) is -0.903. The molecule has 1 fully saturated rings. The highest BCUT2D eigenvalue weighted by molar-refractivity contribution is 6.46. The molecule has 0 saturated carbocycles. The van der Waals surface area contributed by atoms with Crippen LogP contribution in [0.5, 0.6) is 5.75 Å². The van der Waals surface area contributed by atoms with Gasteiger partial charge >= 0.3 is 0 Å². The van der Waals surface area contributed by atoms with Crippen molar-refractivity contribution in [2.24, 2.45) is 0 Å². The van der Waals surface area contributed by atoms with Crippen molar-refractivity contribution in [3.8, 4) is 5.75 Å². The number of hydrogen-bond acceptors (Lipinski definition) is 5. The molecule has 1 heterocycles. The summed E-state index contributed by atoms with van der Waals surface area (Å²) >= 11 is 6.01. The van der Waals surface area contributed by atoms with Gasteiger partial charge in [0.15, 0.2) is 0 Å². The summed E-state index contributed by atoms with van der Waals surface area (Å²) in [5, 5.41) is 11.5. The summed E-state index contributed by atoms with van der Waals surface area (Å²) in [6, 6.07) is 12.9. The summed E-state index contributed by atoms with van der Waals surface area (Å²) in [7, 11) is 5.34. The van der Waals surface area contributed by atoms with Crippen LogP contribution in [0.1, 0.15) is 17.2 Å². The van der Waals surface area contributed by atoms with E-state index in [0.717, 1.165) is 0 Å². The van der Waals surface area contributed by atoms with Crippen molar-refractivity contribution in [1.82, 2.24) is 9.80 Å². The second-order valence-corrected chi connectivity index (χ2v) is 7.51. The van der Waals surface area contributed by atoms with Gasteiger partial charge in [-0.15, -0.1) is 0 Å². The van der Waals surface area contributed by atoms with Gasteiger partial charge in [-0.25, -0.2) is 0 Å². The molecule has 3 rings (SSSR count). The molecule has 2 aromatic carbocycles. The van der Waals surface area contributed by atoms with Gasteiger partial charge in [0.2, 0.25) is 0 Å². The number of carbonyl (C=O) groups excluding carboxylic acids is 2. The van der Waals surface area contributed by atoms with E-state index in [1.165, 1.54) is 4.90 Å². The molecule has 2 aromatic rings. The van der Waals surface area contributed by atoms with Gasteiger partial charge in [-0.2, -0.15) is 0 Å². The smallest absolute Gasteiger partial charge is 0.295 e. The number of benzene rings is 2. The number of aliphatic hydroxyl groups is 1. The molecule has 1 N–H and O–H groups in total. The molecule has 1 unspecified atom stereocenters. The van der Waals surface area contributed by atoms with Crippen molar-refractivity contribution < 1.29 is 19.4 Å². The molecule has 0 spiro atoms. The van der Waals surface area contributed by atoms with Crippen molar-refractivity contribution in [1.29, 1.82) is 0 Å². The minimum Gasteiger partial charge on any atom is -0.507 e. The highest BCUT2D eigenvalue weighted by Gasteiger charge is 2.45. The van der Waals surface area contributed by atoms with Crippen molar-refractivity contribution in [2.75, 3.05) is 34.3 Å². The number of carbonyl (C=O) groups is 2. The molecule has 1 atom stereocenters. The molecule has 1 amide bonds. The summed E-state index contributed by atoms with van der Waals surface area (Å²) in [6.07, 6.45) is 0. The van der Waals surface area contributed by atoms with Crippen LogP contribution in [0.25, 0.3) is 5.76 Å². The average molecular weight is 415 g/mol. The molecular formula is C22H23ClN2O4. The first kappa shape index (κ1) is 20.9. The van der Waals surface area contributed by atoms with E-state index in [4.69, 9.17) is 16.3 Å². The summed E-state index contributed by atoms with van der Waals surface area (Å²) < 4.78 is 5.14. The molecule has 0 aromatic heterocycles. The molecule has 7 heteroatoms. The van der Waals surface area contributed by atoms with E-state index in [9.17, 15) is 14.7 Å². The fourth-order valence-electron chi connectivity index (χ4n) is 3.31. The number of nitrogens with zero attached hydrogens (tertiary/aromatic N) is 2. The van der Waals surface area contributed by atoms with Crippen LogP contribution in [-0.4, -0.2) is 60.9 Å². The first-order valence-electron chi connectivity index (χ1n) is 9.16. The van der Waals surface area contributed by atoms with Crippen LogP contribution in [0.4, 0.5) is 0 Å². The van der Waals surface area contributed by atoms with Gasteiger partial charge in [0, 0.05) is 23.7 Å². The zero-order valence-corrected chi connectivity index (χ0v) is 17.3. The Morgan fingerprint density at radius 2 is 1.72 bits per heavy atom. The molecule has 1 saturated heterocycles. The van der Waals surface area contributed by atoms with Crippen LogP contribution in [0.2, 0.25) is 5.02 Å². The lowest BCUT2D eigenvalue weighted by atomic mass is 9.95. The predicted octanol–water partition coefficient (Wildman–Crippen LogP) is 3.33. The number of likely N-dealkylation sites (tertiary alicyclic amines) is 1. The number of ketones is 1. The van der Waals surface area contributed by atoms with E-state index < -0.39 is 17.7 Å². The van der Waals surface area contributed by atoms with E-state index in [-0.39, 0.29) is 11.3 Å². The highest BCUT2D eigenvalue weighted by Crippen LogP contribution is 2.39. The van der Waals surface area contributed by atoms with Crippen molar-refractivity contribution in [3.63, 3.8) is 0 Å². The van der Waals surface area contributed by atoms with Crippen LogP contribution in [0.15, 0.2) is 54.1 Å². The third kappa shape index (κ3) is 4.28. The second-order valence-electron chi connectivity index (χ2n) is 7.08. The van der Waals surface area contributed by atoms with Gasteiger partial charge in [-0.05, 0) is 56.1 Å². The third-order valence-corrected chi connectivity index (χ3v) is 5.13. The number of amides is 1. The molecule has 1 aliphatic rings. The standard InChI is InChI=1S/C22H23ClN2O4/c1-24(2)12-13-25-19(14-4-8-16(23)9-5-14)18(21(27)22(25)28)20(26)15-6-10-17(29-3)11-7-15/h4-11,19,26H,12-13H2,1-3H3/b20-18+. The Kier molecular flexibility index (Phi) is 6.25. The van der Waals surface area contributed by atoms with Gasteiger partial charge in [0.05, 0.1) is 18.7 Å². The lowest BCUT2D eigenvalue weighted by Gasteiger charge is -2.26. The lowest BCUT2D eigenvalue weighted by molar-refractivity contribution is -0.140. The number of hydrogen-bond donors (Lipinski definition) is 1. The highest BCUT2D eigenvalue weighted by atomic mass is 35.5. The van der Waals surface area contributed by atoms with Crippen molar-refractivity contribution >= 4 is 29.1 Å². The van der Waals surface area contributed by atoms with Gasteiger partial charge in [0.25, 0.3) is 11.7 Å². The van der Waals surface area contributed by atoms with Crippen LogP contribution < -0.4 is 4.74 Å². The van der Waals surface area contributed by atoms with E-state index in [2.05, 4.69) is 0 Å². The Bertz CT molecular complexity index is 936. The molecule has 6 nitrogen and oxygen atoms in total. The first-order chi connectivity index (χ1) is 13.8. The van der Waals surface area contributed by atoms with Gasteiger partial charge in [0.1, 0.15) is 11.5 Å². The largest absolute Gasteiger partial charge is 0.507 e. The quantitative estimate of drug-likeness (QED) is 0.446. The van der Waals surface area contributed by atoms with Gasteiger partial charge < -0.3 is 19.6 Å². The lowest BCUT2D eigenvalue weighted by Crippen LogP contribution is -2.35. The zero-order valence-electron chi connectivity index (χ0n) is 16.6. The summed E-state index contributed by atoms with van der Waals surface area (Å²) in [4.78, 5) is 29.1. The average Bonchev–Trinajstić information content (AvgIpc) is 2.97. The zero-order chi connectivity index (χ0) is 21.1. The maximum absolute atomic E-state index is 12.9. The first-order valence-corrected chi connectivity index (χ1v) is 9.54. The molecular weight excluding hydrogens is 392 g/mol. The minimum atomic E-state index is -0.697. The van der Waals surface area contributed by atoms with Crippen LogP contribution in [0, 0.1) is 0 Å². The Hall–Kier alpha value is -2.83. The number of likely N-dealkylation sites (N-methyl/N-ethyl adjacent to an activating group) is 1. The second kappa shape index (κ2) is 8.68. The number of aliphatic hydroxyl groups excluding tert-OH is 1. The minimum absolute atomic E-state index is 0.0706.